The van der Waals surface area contributed by atoms with Gasteiger partial charge in [0.1, 0.15) is 0 Å². The zero-order valence-electron chi connectivity index (χ0n) is 15.3. The van der Waals surface area contributed by atoms with Gasteiger partial charge in [0.25, 0.3) is 0 Å². The van der Waals surface area contributed by atoms with Crippen LogP contribution < -0.4 is 0 Å². The average Bonchev–Trinajstić information content (AvgIpc) is 2.39. The van der Waals surface area contributed by atoms with Gasteiger partial charge in [0.05, 0.1) is 6.54 Å². The van der Waals surface area contributed by atoms with Gasteiger partial charge in [0.2, 0.25) is 11.5 Å². The van der Waals surface area contributed by atoms with E-state index in [0.29, 0.717) is 19.4 Å². The van der Waals surface area contributed by atoms with Gasteiger partial charge in [0, 0.05) is 24.7 Å². The van der Waals surface area contributed by atoms with E-state index in [4.69, 9.17) is 13.3 Å². The Kier molecular flexibility index (Phi) is 11.2. The number of hydrogen-bond donors (Lipinski definition) is 0. The lowest BCUT2D eigenvalue weighted by atomic mass is 10.2. The van der Waals surface area contributed by atoms with Crippen LogP contribution in [0.5, 0.6) is 0 Å². The molecule has 0 amide bonds. The van der Waals surface area contributed by atoms with Crippen LogP contribution in [0.2, 0.25) is 0 Å². The van der Waals surface area contributed by atoms with Gasteiger partial charge >= 0.3 is 8.80 Å². The number of carbonyl (C=O) groups excluding carboxylic acids is 2. The smallest absolute Gasteiger partial charge is 0.366 e. The molecular weight excluding hydrogens is 314 g/mol. The number of rotatable bonds is 13. The van der Waals surface area contributed by atoms with Crippen LogP contribution in [0.15, 0.2) is 4.99 Å². The predicted octanol–water partition coefficient (Wildman–Crippen LogP) is 3.20. The highest BCUT2D eigenvalue weighted by atomic mass is 28.4. The fourth-order valence-electron chi connectivity index (χ4n) is 2.06. The van der Waals surface area contributed by atoms with E-state index in [9.17, 15) is 9.59 Å². The normalized spacial score (nSPS) is 12.0. The van der Waals surface area contributed by atoms with E-state index in [-0.39, 0.29) is 23.7 Å². The van der Waals surface area contributed by atoms with Crippen molar-refractivity contribution in [3.05, 3.63) is 0 Å². The largest absolute Gasteiger partial charge is 0.575 e. The monoisotopic (exact) mass is 345 g/mol. The zero-order valence-corrected chi connectivity index (χ0v) is 16.3. The molecule has 134 valence electrons. The Morgan fingerprint density at radius 3 is 1.78 bits per heavy atom. The number of carbonyl (C=O) groups is 1. The van der Waals surface area contributed by atoms with Gasteiger partial charge in [-0.2, -0.15) is 0 Å². The van der Waals surface area contributed by atoms with Crippen molar-refractivity contribution >= 4 is 20.3 Å². The first-order valence-electron chi connectivity index (χ1n) is 8.34. The highest BCUT2D eigenvalue weighted by Gasteiger charge is 2.51. The van der Waals surface area contributed by atoms with Gasteiger partial charge in [-0.25, -0.2) is 9.79 Å². The molecule has 0 bridgehead atoms. The van der Waals surface area contributed by atoms with Crippen LogP contribution in [0.25, 0.3) is 0 Å². The molecule has 7 heteroatoms. The molecule has 0 N–H and O–H groups in total. The van der Waals surface area contributed by atoms with Gasteiger partial charge in [-0.1, -0.05) is 6.42 Å². The summed E-state index contributed by atoms with van der Waals surface area (Å²) in [5.41, 5.74) is 0. The minimum absolute atomic E-state index is 0.0764. The fraction of sp³-hybridized carbons (Fsp3) is 0.875. The Labute approximate surface area is 141 Å². The second-order valence-corrected chi connectivity index (χ2v) is 8.64. The summed E-state index contributed by atoms with van der Waals surface area (Å²) in [5.74, 6) is 0. The van der Waals surface area contributed by atoms with Crippen LogP contribution in [0.4, 0.5) is 0 Å². The molecule has 0 aliphatic heterocycles. The van der Waals surface area contributed by atoms with Crippen LogP contribution in [-0.2, 0) is 22.9 Å². The third-order valence-electron chi connectivity index (χ3n) is 2.75. The van der Waals surface area contributed by atoms with Crippen molar-refractivity contribution in [3.8, 4) is 0 Å². The molecule has 0 aliphatic carbocycles. The molecule has 0 saturated heterocycles. The minimum Gasteiger partial charge on any atom is -0.366 e. The molecule has 0 fully saturated rings. The number of isocyanates is 1. The van der Waals surface area contributed by atoms with Gasteiger partial charge in [-0.05, 0) is 54.4 Å². The molecular formula is C16H31NO5Si. The molecule has 0 aliphatic rings. The number of unbranched alkanes of at least 4 members (excludes halogenated alkanes) is 2. The number of hydrogen-bond acceptors (Lipinski definition) is 6. The van der Waals surface area contributed by atoms with Crippen molar-refractivity contribution in [2.45, 2.75) is 85.5 Å². The third kappa shape index (κ3) is 9.79. The lowest BCUT2D eigenvalue weighted by Crippen LogP contribution is -2.57. The standard InChI is InChI=1S/C16H31NO5Si/c1-13(2)20-23(21-14(3)4,22-15(5)6)16(19)10-8-7-9-11-17-12-18/h13-15H,7-11H2,1-6H3. The second-order valence-electron chi connectivity index (χ2n) is 6.26. The maximum absolute atomic E-state index is 12.8. The van der Waals surface area contributed by atoms with E-state index in [0.717, 1.165) is 12.8 Å². The summed E-state index contributed by atoms with van der Waals surface area (Å²) in [6, 6.07) is 0. The fourth-order valence-corrected chi connectivity index (χ4v) is 4.97. The van der Waals surface area contributed by atoms with E-state index in [1.54, 1.807) is 0 Å². The number of nitrogens with zero attached hydrogens (tertiary/aromatic N) is 1. The van der Waals surface area contributed by atoms with Crippen molar-refractivity contribution in [1.82, 2.24) is 0 Å². The van der Waals surface area contributed by atoms with Crippen molar-refractivity contribution < 1.29 is 22.9 Å². The molecule has 0 rings (SSSR count). The molecule has 23 heavy (non-hydrogen) atoms. The summed E-state index contributed by atoms with van der Waals surface area (Å²) in [6.45, 7) is 11.7. The molecule has 0 saturated carbocycles. The highest BCUT2D eigenvalue weighted by Crippen LogP contribution is 2.21. The first-order chi connectivity index (χ1) is 10.7. The molecule has 6 nitrogen and oxygen atoms in total. The second kappa shape index (κ2) is 11.6. The molecule has 0 unspecified atom stereocenters. The summed E-state index contributed by atoms with van der Waals surface area (Å²) in [5, 5.41) is -0.0764. The molecule has 0 aromatic carbocycles. The molecule has 0 aromatic heterocycles. The average molecular weight is 346 g/mol. The molecule has 0 heterocycles. The Hall–Kier alpha value is -0.853. The van der Waals surface area contributed by atoms with Gasteiger partial charge in [-0.15, -0.1) is 0 Å². The van der Waals surface area contributed by atoms with E-state index >= 15 is 0 Å². The van der Waals surface area contributed by atoms with Crippen molar-refractivity contribution in [1.29, 1.82) is 0 Å². The van der Waals surface area contributed by atoms with Crippen LogP contribution in [-0.4, -0.2) is 45.1 Å². The highest BCUT2D eigenvalue weighted by molar-refractivity contribution is 6.92. The minimum atomic E-state index is -3.39. The van der Waals surface area contributed by atoms with Crippen LogP contribution in [0, 0.1) is 0 Å². The summed E-state index contributed by atoms with van der Waals surface area (Å²) < 4.78 is 17.7. The maximum Gasteiger partial charge on any atom is 0.575 e. The SMILES string of the molecule is CC(C)O[Si](OC(C)C)(OC(C)C)C(=O)CCCCCN=C=O. The first kappa shape index (κ1) is 22.1. The number of aliphatic imine (C=N–C) groups is 1. The van der Waals surface area contributed by atoms with E-state index in [2.05, 4.69) is 4.99 Å². The quantitative estimate of drug-likeness (QED) is 0.222. The lowest BCUT2D eigenvalue weighted by molar-refractivity contribution is -0.122. The Bertz CT molecular complexity index is 365. The Balaban J connectivity index is 4.85. The molecule has 0 spiro atoms. The summed E-state index contributed by atoms with van der Waals surface area (Å²) in [4.78, 5) is 26.3. The van der Waals surface area contributed by atoms with E-state index < -0.39 is 8.80 Å². The van der Waals surface area contributed by atoms with Gasteiger partial charge in [-0.3, -0.25) is 4.79 Å². The zero-order chi connectivity index (χ0) is 17.9. The van der Waals surface area contributed by atoms with Crippen molar-refractivity contribution in [2.24, 2.45) is 4.99 Å². The molecule has 0 aromatic rings. The molecule has 0 atom stereocenters. The molecule has 0 radical (unpaired) electrons. The van der Waals surface area contributed by atoms with Crippen molar-refractivity contribution in [3.63, 3.8) is 0 Å². The summed E-state index contributed by atoms with van der Waals surface area (Å²) >= 11 is 0. The Morgan fingerprint density at radius 1 is 0.913 bits per heavy atom. The Morgan fingerprint density at radius 2 is 1.39 bits per heavy atom. The lowest BCUT2D eigenvalue weighted by Gasteiger charge is -2.33. The van der Waals surface area contributed by atoms with E-state index in [1.807, 2.05) is 41.5 Å². The van der Waals surface area contributed by atoms with Crippen molar-refractivity contribution in [2.75, 3.05) is 6.54 Å². The predicted molar refractivity (Wildman–Crippen MR) is 90.9 cm³/mol. The van der Waals surface area contributed by atoms with Crippen LogP contribution >= 0.6 is 0 Å². The summed E-state index contributed by atoms with van der Waals surface area (Å²) in [7, 11) is -3.39. The van der Waals surface area contributed by atoms with Gasteiger partial charge in [0.15, 0.2) is 0 Å². The first-order valence-corrected chi connectivity index (χ1v) is 10.1. The maximum atomic E-state index is 12.8. The third-order valence-corrected chi connectivity index (χ3v) is 6.03. The van der Waals surface area contributed by atoms with Crippen LogP contribution in [0.3, 0.4) is 0 Å². The topological polar surface area (TPSA) is 74.2 Å². The summed E-state index contributed by atoms with van der Waals surface area (Å²) in [6.07, 6.45) is 3.69. The van der Waals surface area contributed by atoms with Crippen LogP contribution in [0.1, 0.15) is 67.2 Å². The van der Waals surface area contributed by atoms with Gasteiger partial charge < -0.3 is 13.3 Å². The van der Waals surface area contributed by atoms with E-state index in [1.165, 1.54) is 6.08 Å².